The molecule has 2 nitrogen and oxygen atoms in total. The van der Waals surface area contributed by atoms with Crippen molar-refractivity contribution in [2.24, 2.45) is 17.8 Å². The Balaban J connectivity index is 1.81. The maximum atomic E-state index is 2.71. The van der Waals surface area contributed by atoms with E-state index in [4.69, 9.17) is 0 Å². The first kappa shape index (κ1) is 8.25. The second kappa shape index (κ2) is 2.48. The Bertz CT molecular complexity index is 226. The van der Waals surface area contributed by atoms with Gasteiger partial charge in [-0.3, -0.25) is 4.90 Å². The van der Waals surface area contributed by atoms with Crippen LogP contribution in [0.15, 0.2) is 0 Å². The van der Waals surface area contributed by atoms with Gasteiger partial charge in [0, 0.05) is 18.6 Å². The van der Waals surface area contributed by atoms with Crippen LogP contribution in [0.1, 0.15) is 13.3 Å². The molecular formula is C11H20N2. The standard InChI is InChI=1S/C11H20N2/c1-4-13-6-7-5-8-9(7)11(13)10(8)12(2)3/h7-11H,4-6H2,1-3H3/t7-,8?,9+,10+,11+/m1/s1. The van der Waals surface area contributed by atoms with Gasteiger partial charge < -0.3 is 4.90 Å². The van der Waals surface area contributed by atoms with Gasteiger partial charge in [-0.25, -0.2) is 0 Å². The molecule has 0 aromatic rings. The molecule has 3 rings (SSSR count). The van der Waals surface area contributed by atoms with Crippen molar-refractivity contribution < 1.29 is 0 Å². The zero-order valence-electron chi connectivity index (χ0n) is 8.90. The van der Waals surface area contributed by atoms with Crippen LogP contribution < -0.4 is 0 Å². The fourth-order valence-corrected chi connectivity index (χ4v) is 4.16. The molecule has 3 fully saturated rings. The van der Waals surface area contributed by atoms with Crippen LogP contribution in [0, 0.1) is 17.8 Å². The molecule has 1 saturated heterocycles. The zero-order valence-corrected chi connectivity index (χ0v) is 8.90. The van der Waals surface area contributed by atoms with Crippen LogP contribution >= 0.6 is 0 Å². The third kappa shape index (κ3) is 0.816. The molecule has 1 heterocycles. The normalized spacial score (nSPS) is 53.1. The summed E-state index contributed by atoms with van der Waals surface area (Å²) in [6, 6.07) is 1.80. The van der Waals surface area contributed by atoms with Gasteiger partial charge in [0.1, 0.15) is 0 Å². The minimum atomic E-state index is 0.878. The van der Waals surface area contributed by atoms with Crippen LogP contribution in [0.5, 0.6) is 0 Å². The highest BCUT2D eigenvalue weighted by Gasteiger charge is 2.66. The number of rotatable bonds is 2. The van der Waals surface area contributed by atoms with Crippen molar-refractivity contribution >= 4 is 0 Å². The minimum absolute atomic E-state index is 0.878. The fraction of sp³-hybridized carbons (Fsp3) is 1.00. The van der Waals surface area contributed by atoms with E-state index in [0.717, 1.165) is 29.8 Å². The molecule has 13 heavy (non-hydrogen) atoms. The van der Waals surface area contributed by atoms with E-state index in [1.165, 1.54) is 19.5 Å². The van der Waals surface area contributed by atoms with Gasteiger partial charge in [0.15, 0.2) is 0 Å². The van der Waals surface area contributed by atoms with E-state index in [1.54, 1.807) is 0 Å². The molecule has 0 aromatic heterocycles. The molecular weight excluding hydrogens is 160 g/mol. The summed E-state index contributed by atoms with van der Waals surface area (Å²) >= 11 is 0. The number of likely N-dealkylation sites (tertiary alicyclic amines) is 1. The lowest BCUT2D eigenvalue weighted by Gasteiger charge is -2.61. The molecule has 0 N–H and O–H groups in total. The van der Waals surface area contributed by atoms with Gasteiger partial charge in [-0.15, -0.1) is 0 Å². The van der Waals surface area contributed by atoms with E-state index in [2.05, 4.69) is 30.8 Å². The SMILES string of the molecule is CCN1C[C@H]2CC3[C@H]2[C@H]1[C@H]3N(C)C. The Morgan fingerprint density at radius 2 is 2.15 bits per heavy atom. The average Bonchev–Trinajstić information content (AvgIpc) is 2.20. The van der Waals surface area contributed by atoms with Crippen molar-refractivity contribution in [2.45, 2.75) is 25.4 Å². The summed E-state index contributed by atoms with van der Waals surface area (Å²) in [6.07, 6.45) is 1.51. The van der Waals surface area contributed by atoms with Gasteiger partial charge in [0.25, 0.3) is 0 Å². The van der Waals surface area contributed by atoms with Crippen LogP contribution in [-0.2, 0) is 0 Å². The molecule has 0 bridgehead atoms. The molecule has 0 spiro atoms. The van der Waals surface area contributed by atoms with Crippen molar-refractivity contribution in [3.8, 4) is 0 Å². The summed E-state index contributed by atoms with van der Waals surface area (Å²) in [6.45, 7) is 4.96. The van der Waals surface area contributed by atoms with Gasteiger partial charge in [-0.2, -0.15) is 0 Å². The Morgan fingerprint density at radius 3 is 2.77 bits per heavy atom. The number of likely N-dealkylation sites (N-methyl/N-ethyl adjacent to an activating group) is 2. The van der Waals surface area contributed by atoms with Gasteiger partial charge in [-0.1, -0.05) is 6.92 Å². The highest BCUT2D eigenvalue weighted by atomic mass is 15.3. The first-order chi connectivity index (χ1) is 6.24. The number of hydrogen-bond acceptors (Lipinski definition) is 2. The molecule has 1 aliphatic heterocycles. The largest absolute Gasteiger partial charge is 0.305 e. The number of nitrogens with zero attached hydrogens (tertiary/aromatic N) is 2. The lowest BCUT2D eigenvalue weighted by Crippen LogP contribution is -2.68. The van der Waals surface area contributed by atoms with Crippen LogP contribution in [0.2, 0.25) is 0 Å². The predicted molar refractivity (Wildman–Crippen MR) is 53.6 cm³/mol. The lowest BCUT2D eigenvalue weighted by molar-refractivity contribution is -0.104. The summed E-state index contributed by atoms with van der Waals surface area (Å²) in [7, 11) is 4.50. The van der Waals surface area contributed by atoms with E-state index in [0.29, 0.717) is 0 Å². The molecule has 0 aromatic carbocycles. The quantitative estimate of drug-likeness (QED) is 0.622. The first-order valence-corrected chi connectivity index (χ1v) is 5.64. The Morgan fingerprint density at radius 1 is 1.38 bits per heavy atom. The summed E-state index contributed by atoms with van der Waals surface area (Å²) in [5.74, 6) is 3.22. The second-order valence-electron chi connectivity index (χ2n) is 5.27. The van der Waals surface area contributed by atoms with Crippen molar-refractivity contribution in [2.75, 3.05) is 27.2 Å². The van der Waals surface area contributed by atoms with Crippen molar-refractivity contribution in [1.29, 1.82) is 0 Å². The molecule has 2 saturated carbocycles. The van der Waals surface area contributed by atoms with Gasteiger partial charge >= 0.3 is 0 Å². The molecule has 5 atom stereocenters. The molecule has 2 aliphatic carbocycles. The third-order valence-electron chi connectivity index (χ3n) is 4.69. The molecule has 0 amide bonds. The lowest BCUT2D eigenvalue weighted by atomic mass is 9.50. The van der Waals surface area contributed by atoms with E-state index in [-0.39, 0.29) is 0 Å². The summed E-state index contributed by atoms with van der Waals surface area (Å²) in [5.41, 5.74) is 0. The van der Waals surface area contributed by atoms with Crippen molar-refractivity contribution in [3.63, 3.8) is 0 Å². The molecule has 2 heteroatoms. The smallest absolute Gasteiger partial charge is 0.0288 e. The topological polar surface area (TPSA) is 6.48 Å². The van der Waals surface area contributed by atoms with Gasteiger partial charge in [0.05, 0.1) is 0 Å². The summed E-state index contributed by atoms with van der Waals surface area (Å²) in [5, 5.41) is 0. The van der Waals surface area contributed by atoms with E-state index >= 15 is 0 Å². The van der Waals surface area contributed by atoms with E-state index in [1.807, 2.05) is 0 Å². The van der Waals surface area contributed by atoms with Crippen LogP contribution in [0.4, 0.5) is 0 Å². The Labute approximate surface area is 80.9 Å². The molecule has 1 unspecified atom stereocenters. The molecule has 0 radical (unpaired) electrons. The van der Waals surface area contributed by atoms with Crippen molar-refractivity contribution in [3.05, 3.63) is 0 Å². The van der Waals surface area contributed by atoms with Crippen LogP contribution in [0.25, 0.3) is 0 Å². The van der Waals surface area contributed by atoms with Crippen LogP contribution in [0.3, 0.4) is 0 Å². The highest BCUT2D eigenvalue weighted by molar-refractivity contribution is 5.20. The van der Waals surface area contributed by atoms with Crippen molar-refractivity contribution in [1.82, 2.24) is 9.80 Å². The predicted octanol–water partition coefficient (Wildman–Crippen LogP) is 0.887. The first-order valence-electron chi connectivity index (χ1n) is 5.64. The van der Waals surface area contributed by atoms with Gasteiger partial charge in [-0.05, 0) is 44.8 Å². The monoisotopic (exact) mass is 180 g/mol. The maximum Gasteiger partial charge on any atom is 0.0288 e. The van der Waals surface area contributed by atoms with E-state index in [9.17, 15) is 0 Å². The van der Waals surface area contributed by atoms with Gasteiger partial charge in [0.2, 0.25) is 0 Å². The molecule has 74 valence electrons. The Hall–Kier alpha value is -0.0800. The second-order valence-corrected chi connectivity index (χ2v) is 5.27. The fourth-order valence-electron chi connectivity index (χ4n) is 4.16. The number of hydrogen-bond donors (Lipinski definition) is 0. The third-order valence-corrected chi connectivity index (χ3v) is 4.69. The van der Waals surface area contributed by atoms with E-state index < -0.39 is 0 Å². The summed E-state index contributed by atoms with van der Waals surface area (Å²) in [4.78, 5) is 5.17. The molecule has 3 aliphatic rings. The minimum Gasteiger partial charge on any atom is -0.305 e. The zero-order chi connectivity index (χ0) is 9.16. The van der Waals surface area contributed by atoms with Crippen LogP contribution in [-0.4, -0.2) is 49.1 Å². The highest BCUT2D eigenvalue weighted by Crippen LogP contribution is 2.61. The Kier molecular flexibility index (Phi) is 1.58. The summed E-state index contributed by atoms with van der Waals surface area (Å²) < 4.78 is 0. The maximum absolute atomic E-state index is 2.71. The average molecular weight is 180 g/mol.